The first-order chi connectivity index (χ1) is 9.15. The highest BCUT2D eigenvalue weighted by molar-refractivity contribution is 6.03. The first kappa shape index (κ1) is 13.1. The molecule has 0 aliphatic carbocycles. The van der Waals surface area contributed by atoms with E-state index in [0.717, 1.165) is 11.3 Å². The summed E-state index contributed by atoms with van der Waals surface area (Å²) in [6.07, 6.45) is 0.568. The summed E-state index contributed by atoms with van der Waals surface area (Å²) in [6, 6.07) is 17.6. The number of anilines is 1. The number of nitrogens with one attached hydrogen (secondary N) is 1. The van der Waals surface area contributed by atoms with E-state index in [-0.39, 0.29) is 5.91 Å². The number of benzene rings is 2. The van der Waals surface area contributed by atoms with E-state index in [1.165, 1.54) is 5.56 Å². The molecule has 0 aliphatic rings. The number of carbonyl (C=O) groups excluding carboxylic acids is 1. The fourth-order valence-corrected chi connectivity index (χ4v) is 1.78. The molecule has 0 fully saturated rings. The summed E-state index contributed by atoms with van der Waals surface area (Å²) in [7, 11) is 0. The molecule has 0 atom stereocenters. The second kappa shape index (κ2) is 6.01. The maximum atomic E-state index is 12.0. The summed E-state index contributed by atoms with van der Waals surface area (Å²) in [4.78, 5) is 12.0. The molecule has 2 heteroatoms. The molecule has 0 aliphatic heterocycles. The average molecular weight is 251 g/mol. The van der Waals surface area contributed by atoms with E-state index in [0.29, 0.717) is 12.0 Å². The van der Waals surface area contributed by atoms with Crippen molar-refractivity contribution in [3.05, 3.63) is 77.9 Å². The van der Waals surface area contributed by atoms with Gasteiger partial charge in [0, 0.05) is 17.7 Å². The minimum Gasteiger partial charge on any atom is -0.322 e. The molecule has 96 valence electrons. The van der Waals surface area contributed by atoms with Gasteiger partial charge in [-0.15, -0.1) is 0 Å². The van der Waals surface area contributed by atoms with Gasteiger partial charge in [0.25, 0.3) is 5.91 Å². The third-order valence-electron chi connectivity index (χ3n) is 2.89. The maximum Gasteiger partial charge on any atom is 0.251 e. The van der Waals surface area contributed by atoms with Gasteiger partial charge in [-0.2, -0.15) is 0 Å². The minimum absolute atomic E-state index is 0.132. The van der Waals surface area contributed by atoms with E-state index in [2.05, 4.69) is 11.9 Å². The van der Waals surface area contributed by atoms with Crippen molar-refractivity contribution in [3.8, 4) is 0 Å². The van der Waals surface area contributed by atoms with Crippen LogP contribution >= 0.6 is 0 Å². The molecule has 2 nitrogen and oxygen atoms in total. The number of amides is 1. The molecule has 1 amide bonds. The molecule has 0 bridgehead atoms. The fourth-order valence-electron chi connectivity index (χ4n) is 1.78. The Morgan fingerprint density at radius 1 is 1.05 bits per heavy atom. The summed E-state index contributed by atoms with van der Waals surface area (Å²) in [5.41, 5.74) is 3.62. The van der Waals surface area contributed by atoms with Crippen LogP contribution in [-0.2, 0) is 11.2 Å². The summed E-state index contributed by atoms with van der Waals surface area (Å²) < 4.78 is 0. The highest BCUT2D eigenvalue weighted by Crippen LogP contribution is 2.12. The van der Waals surface area contributed by atoms with Crippen LogP contribution in [0.25, 0.3) is 0 Å². The van der Waals surface area contributed by atoms with Crippen molar-refractivity contribution in [2.75, 3.05) is 5.32 Å². The van der Waals surface area contributed by atoms with E-state index >= 15 is 0 Å². The Balaban J connectivity index is 1.96. The molecule has 0 heterocycles. The van der Waals surface area contributed by atoms with Crippen LogP contribution in [0.5, 0.6) is 0 Å². The quantitative estimate of drug-likeness (QED) is 0.824. The zero-order valence-electron chi connectivity index (χ0n) is 11.0. The molecule has 0 unspecified atom stereocenters. The molecular formula is C17H17NO. The Morgan fingerprint density at radius 2 is 1.68 bits per heavy atom. The first-order valence-corrected chi connectivity index (χ1v) is 6.25. The zero-order chi connectivity index (χ0) is 13.7. The van der Waals surface area contributed by atoms with Gasteiger partial charge in [-0.25, -0.2) is 0 Å². The Kier molecular flexibility index (Phi) is 4.14. The Labute approximate surface area is 113 Å². The van der Waals surface area contributed by atoms with Gasteiger partial charge in [-0.3, -0.25) is 4.79 Å². The van der Waals surface area contributed by atoms with E-state index < -0.39 is 0 Å². The number of rotatable bonds is 4. The van der Waals surface area contributed by atoms with Crippen molar-refractivity contribution < 1.29 is 4.79 Å². The molecule has 0 spiro atoms. The lowest BCUT2D eigenvalue weighted by Gasteiger charge is -2.08. The van der Waals surface area contributed by atoms with Gasteiger partial charge in [0.05, 0.1) is 0 Å². The molecule has 1 N–H and O–H groups in total. The highest BCUT2D eigenvalue weighted by Gasteiger charge is 2.07. The second-order valence-corrected chi connectivity index (χ2v) is 4.59. The molecule has 2 aromatic carbocycles. The molecule has 0 saturated heterocycles. The van der Waals surface area contributed by atoms with Gasteiger partial charge in [0.15, 0.2) is 0 Å². The number of carbonyl (C=O) groups is 1. The van der Waals surface area contributed by atoms with Gasteiger partial charge >= 0.3 is 0 Å². The van der Waals surface area contributed by atoms with E-state index in [4.69, 9.17) is 0 Å². The Bertz CT molecular complexity index is 570. The molecule has 0 radical (unpaired) electrons. The van der Waals surface area contributed by atoms with E-state index in [1.807, 2.05) is 61.5 Å². The summed E-state index contributed by atoms with van der Waals surface area (Å²) >= 11 is 0. The third kappa shape index (κ3) is 3.81. The second-order valence-electron chi connectivity index (χ2n) is 4.59. The third-order valence-corrected chi connectivity index (χ3v) is 2.89. The van der Waals surface area contributed by atoms with Gasteiger partial charge in [-0.1, -0.05) is 54.6 Å². The molecule has 19 heavy (non-hydrogen) atoms. The molecule has 2 rings (SSSR count). The van der Waals surface area contributed by atoms with Crippen LogP contribution in [0.4, 0.5) is 5.69 Å². The monoisotopic (exact) mass is 251 g/mol. The zero-order valence-corrected chi connectivity index (χ0v) is 11.0. The highest BCUT2D eigenvalue weighted by atomic mass is 16.1. The lowest BCUT2D eigenvalue weighted by molar-refractivity contribution is -0.112. The molecule has 0 aromatic heterocycles. The van der Waals surface area contributed by atoms with Gasteiger partial charge in [0.1, 0.15) is 0 Å². The predicted molar refractivity (Wildman–Crippen MR) is 79.1 cm³/mol. The average Bonchev–Trinajstić information content (AvgIpc) is 2.42. The van der Waals surface area contributed by atoms with Crippen molar-refractivity contribution in [2.24, 2.45) is 0 Å². The van der Waals surface area contributed by atoms with Crippen molar-refractivity contribution in [1.82, 2.24) is 0 Å². The van der Waals surface area contributed by atoms with Crippen molar-refractivity contribution in [2.45, 2.75) is 13.3 Å². The van der Waals surface area contributed by atoms with E-state index in [9.17, 15) is 4.79 Å². The standard InChI is InChI=1S/C17H17NO/c1-13-8-10-16(11-9-13)18-17(19)14(2)12-15-6-4-3-5-7-15/h3-11H,2,12H2,1H3,(H,18,19). The van der Waals surface area contributed by atoms with Crippen LogP contribution in [0.15, 0.2) is 66.7 Å². The minimum atomic E-state index is -0.132. The SMILES string of the molecule is C=C(Cc1ccccc1)C(=O)Nc1ccc(C)cc1. The van der Waals surface area contributed by atoms with Crippen molar-refractivity contribution in [1.29, 1.82) is 0 Å². The Morgan fingerprint density at radius 3 is 2.32 bits per heavy atom. The smallest absolute Gasteiger partial charge is 0.251 e. The number of hydrogen-bond acceptors (Lipinski definition) is 1. The van der Waals surface area contributed by atoms with Crippen molar-refractivity contribution in [3.63, 3.8) is 0 Å². The molecule has 2 aromatic rings. The van der Waals surface area contributed by atoms with Crippen LogP contribution in [0.3, 0.4) is 0 Å². The number of hydrogen-bond donors (Lipinski definition) is 1. The predicted octanol–water partition coefficient (Wildman–Crippen LogP) is 3.73. The largest absolute Gasteiger partial charge is 0.322 e. The lowest BCUT2D eigenvalue weighted by Crippen LogP contribution is -2.15. The summed E-state index contributed by atoms with van der Waals surface area (Å²) in [6.45, 7) is 5.87. The Hall–Kier alpha value is -2.35. The normalized spacial score (nSPS) is 9.95. The van der Waals surface area contributed by atoms with Gasteiger partial charge in [-0.05, 0) is 24.6 Å². The van der Waals surface area contributed by atoms with Crippen molar-refractivity contribution >= 4 is 11.6 Å². The number of aryl methyl sites for hydroxylation is 1. The fraction of sp³-hybridized carbons (Fsp3) is 0.118. The van der Waals surface area contributed by atoms with E-state index in [1.54, 1.807) is 0 Å². The maximum absolute atomic E-state index is 12.0. The van der Waals surface area contributed by atoms with Crippen LogP contribution in [-0.4, -0.2) is 5.91 Å². The summed E-state index contributed by atoms with van der Waals surface area (Å²) in [5.74, 6) is -0.132. The molecule has 0 saturated carbocycles. The molecular weight excluding hydrogens is 234 g/mol. The van der Waals surface area contributed by atoms with Gasteiger partial charge in [0.2, 0.25) is 0 Å². The summed E-state index contributed by atoms with van der Waals surface area (Å²) in [5, 5.41) is 2.85. The van der Waals surface area contributed by atoms with Gasteiger partial charge < -0.3 is 5.32 Å². The van der Waals surface area contributed by atoms with Crippen LogP contribution < -0.4 is 5.32 Å². The topological polar surface area (TPSA) is 29.1 Å². The van der Waals surface area contributed by atoms with Crippen LogP contribution in [0.2, 0.25) is 0 Å². The lowest BCUT2D eigenvalue weighted by atomic mass is 10.1. The van der Waals surface area contributed by atoms with Crippen LogP contribution in [0.1, 0.15) is 11.1 Å². The first-order valence-electron chi connectivity index (χ1n) is 6.25. The van der Waals surface area contributed by atoms with Crippen LogP contribution in [0, 0.1) is 6.92 Å².